The lowest BCUT2D eigenvalue weighted by Gasteiger charge is -2.34. The minimum absolute atomic E-state index is 0.833. The highest BCUT2D eigenvalue weighted by Gasteiger charge is 2.38. The molecule has 2 N–H and O–H groups in total. The molecule has 4 heterocycles. The lowest BCUT2D eigenvalue weighted by molar-refractivity contribution is -0.193. The van der Waals surface area contributed by atoms with Crippen LogP contribution < -0.4 is 9.64 Å². The maximum atomic E-state index is 10.6. The van der Waals surface area contributed by atoms with Crippen LogP contribution in [-0.2, 0) is 16.1 Å². The molecule has 0 aliphatic carbocycles. The smallest absolute Gasteiger partial charge is 0.490 e. The number of methoxy groups -OCH3 is 1. The molecule has 0 radical (unpaired) electrons. The van der Waals surface area contributed by atoms with E-state index in [0.29, 0.717) is 0 Å². The van der Waals surface area contributed by atoms with Gasteiger partial charge >= 0.3 is 24.3 Å². The number of carboxylic acid groups (broad SMARTS) is 2. The lowest BCUT2D eigenvalue weighted by Crippen LogP contribution is -2.46. The van der Waals surface area contributed by atoms with Crippen molar-refractivity contribution in [3.8, 4) is 17.0 Å². The molecule has 1 saturated heterocycles. The topological polar surface area (TPSA) is 134 Å². The summed E-state index contributed by atoms with van der Waals surface area (Å²) in [5.41, 5.74) is 2.97. The number of anilines is 1. The van der Waals surface area contributed by atoms with E-state index in [1.165, 1.54) is 0 Å². The second kappa shape index (κ2) is 13.9. The van der Waals surface area contributed by atoms with Crippen LogP contribution in [-0.4, -0.2) is 87.1 Å². The summed E-state index contributed by atoms with van der Waals surface area (Å²) in [6, 6.07) is 12.0. The molecule has 0 atom stereocenters. The fourth-order valence-corrected chi connectivity index (χ4v) is 3.87. The Balaban J connectivity index is 0.000000303. The Hall–Kier alpha value is -4.80. The molecule has 11 nitrogen and oxygen atoms in total. The number of aliphatic carboxylic acids is 2. The molecular weight excluding hydrogens is 592 g/mol. The standard InChI is InChI=1S/C22H23N5O2.2C2HF3O2/c1-28-18-5-2-4-17(14-18)20-15-24-22-21(23-7-8-27(20)22)26-11-9-25(10-12-26)16-19-6-3-13-29-19;2*3-2(4,5)1(6)7/h2-8,13-15H,9-12,16H2,1H3;2*(H,6,7). The molecule has 0 saturated carbocycles. The number of alkyl halides is 6. The molecule has 5 rings (SSSR count). The second-order valence-corrected chi connectivity index (χ2v) is 8.77. The Kier molecular flexibility index (Phi) is 10.6. The highest BCUT2D eigenvalue weighted by atomic mass is 19.4. The highest BCUT2D eigenvalue weighted by Crippen LogP contribution is 2.28. The van der Waals surface area contributed by atoms with Crippen LogP contribution in [0.15, 0.2) is 65.7 Å². The van der Waals surface area contributed by atoms with Gasteiger partial charge < -0.3 is 24.3 Å². The molecule has 0 unspecified atom stereocenters. The van der Waals surface area contributed by atoms with Crippen molar-refractivity contribution in [2.75, 3.05) is 38.2 Å². The van der Waals surface area contributed by atoms with Crippen molar-refractivity contribution in [2.45, 2.75) is 18.9 Å². The summed E-state index contributed by atoms with van der Waals surface area (Å²) < 4.78 is 76.4. The number of imidazole rings is 1. The fourth-order valence-electron chi connectivity index (χ4n) is 3.87. The summed E-state index contributed by atoms with van der Waals surface area (Å²) in [6.45, 7) is 4.60. The van der Waals surface area contributed by atoms with Crippen molar-refractivity contribution in [1.29, 1.82) is 0 Å². The number of fused-ring (bicyclic) bond motifs is 1. The van der Waals surface area contributed by atoms with Gasteiger partial charge in [-0.1, -0.05) is 12.1 Å². The Bertz CT molecular complexity index is 1470. The summed E-state index contributed by atoms with van der Waals surface area (Å²) in [6.07, 6.45) is -2.71. The van der Waals surface area contributed by atoms with E-state index < -0.39 is 24.3 Å². The number of carbonyl (C=O) groups is 2. The predicted molar refractivity (Wildman–Crippen MR) is 139 cm³/mol. The van der Waals surface area contributed by atoms with Crippen LogP contribution in [0, 0.1) is 0 Å². The van der Waals surface area contributed by atoms with Crippen molar-refractivity contribution in [3.63, 3.8) is 0 Å². The molecule has 0 spiro atoms. The van der Waals surface area contributed by atoms with Gasteiger partial charge in [0.25, 0.3) is 0 Å². The third-order valence-electron chi connectivity index (χ3n) is 5.89. The molecule has 232 valence electrons. The average Bonchev–Trinajstić information content (AvgIpc) is 3.63. The zero-order valence-electron chi connectivity index (χ0n) is 22.3. The van der Waals surface area contributed by atoms with Gasteiger partial charge in [-0.2, -0.15) is 26.3 Å². The van der Waals surface area contributed by atoms with Gasteiger partial charge in [0, 0.05) is 44.1 Å². The predicted octanol–water partition coefficient (Wildman–Crippen LogP) is 4.59. The molecule has 43 heavy (non-hydrogen) atoms. The number of rotatable bonds is 5. The minimum atomic E-state index is -5.08. The number of hydrogen-bond acceptors (Lipinski definition) is 8. The molecule has 17 heteroatoms. The molecule has 0 amide bonds. The molecule has 1 aliphatic heterocycles. The Morgan fingerprint density at radius 1 is 0.953 bits per heavy atom. The summed E-state index contributed by atoms with van der Waals surface area (Å²) >= 11 is 0. The van der Waals surface area contributed by atoms with Gasteiger partial charge in [-0.15, -0.1) is 0 Å². The van der Waals surface area contributed by atoms with E-state index >= 15 is 0 Å². The van der Waals surface area contributed by atoms with Crippen molar-refractivity contribution >= 4 is 23.4 Å². The number of aromatic nitrogens is 3. The zero-order valence-corrected chi connectivity index (χ0v) is 22.3. The monoisotopic (exact) mass is 617 g/mol. The Morgan fingerprint density at radius 2 is 1.58 bits per heavy atom. The van der Waals surface area contributed by atoms with Crippen molar-refractivity contribution in [2.24, 2.45) is 0 Å². The summed E-state index contributed by atoms with van der Waals surface area (Å²) in [4.78, 5) is 31.9. The van der Waals surface area contributed by atoms with Gasteiger partial charge in [0.1, 0.15) is 11.5 Å². The SMILES string of the molecule is COc1cccc(-c2cnc3c(N4CCN(Cc5ccco5)CC4)nccn23)c1.O=C(O)C(F)(F)F.O=C(O)C(F)(F)F. The van der Waals surface area contributed by atoms with Crippen molar-refractivity contribution < 1.29 is 55.3 Å². The molecule has 1 aliphatic rings. The third-order valence-corrected chi connectivity index (χ3v) is 5.89. The summed E-state index contributed by atoms with van der Waals surface area (Å²) in [7, 11) is 1.68. The minimum Gasteiger partial charge on any atom is -0.497 e. The van der Waals surface area contributed by atoms with Crippen LogP contribution in [0.25, 0.3) is 16.9 Å². The van der Waals surface area contributed by atoms with E-state index in [-0.39, 0.29) is 0 Å². The van der Waals surface area contributed by atoms with Crippen molar-refractivity contribution in [3.05, 3.63) is 67.0 Å². The molecule has 0 bridgehead atoms. The van der Waals surface area contributed by atoms with Crippen LogP contribution in [0.5, 0.6) is 5.75 Å². The van der Waals surface area contributed by atoms with Gasteiger partial charge in [0.2, 0.25) is 0 Å². The van der Waals surface area contributed by atoms with Crippen molar-refractivity contribution in [1.82, 2.24) is 19.3 Å². The Labute approximate surface area is 239 Å². The first-order valence-electron chi connectivity index (χ1n) is 12.3. The number of furan rings is 1. The second-order valence-electron chi connectivity index (χ2n) is 8.77. The van der Waals surface area contributed by atoms with Gasteiger partial charge in [0.05, 0.1) is 31.8 Å². The van der Waals surface area contributed by atoms with Crippen LogP contribution in [0.2, 0.25) is 0 Å². The number of carboxylic acids is 2. The molecular formula is C26H25F6N5O6. The quantitative estimate of drug-likeness (QED) is 0.307. The highest BCUT2D eigenvalue weighted by molar-refractivity contribution is 5.73. The lowest BCUT2D eigenvalue weighted by atomic mass is 10.1. The number of halogens is 6. The van der Waals surface area contributed by atoms with Crippen LogP contribution >= 0.6 is 0 Å². The molecule has 4 aromatic rings. The van der Waals surface area contributed by atoms with E-state index in [0.717, 1.165) is 67.0 Å². The first-order valence-corrected chi connectivity index (χ1v) is 12.3. The number of piperazine rings is 1. The number of benzene rings is 1. The maximum Gasteiger partial charge on any atom is 0.490 e. The van der Waals surface area contributed by atoms with E-state index in [1.54, 1.807) is 13.4 Å². The van der Waals surface area contributed by atoms with Gasteiger partial charge in [-0.25, -0.2) is 19.6 Å². The Morgan fingerprint density at radius 3 is 2.12 bits per heavy atom. The fraction of sp³-hybridized carbons (Fsp3) is 0.308. The first-order chi connectivity index (χ1) is 20.2. The van der Waals surface area contributed by atoms with Crippen LogP contribution in [0.1, 0.15) is 5.76 Å². The number of ether oxygens (including phenoxy) is 1. The van der Waals surface area contributed by atoms with E-state index in [9.17, 15) is 26.3 Å². The number of hydrogen-bond donors (Lipinski definition) is 2. The van der Waals surface area contributed by atoms with E-state index in [4.69, 9.17) is 33.9 Å². The molecule has 1 fully saturated rings. The third kappa shape index (κ3) is 9.09. The molecule has 1 aromatic carbocycles. The van der Waals surface area contributed by atoms with Gasteiger partial charge in [0.15, 0.2) is 11.5 Å². The van der Waals surface area contributed by atoms with Crippen LogP contribution in [0.3, 0.4) is 0 Å². The summed E-state index contributed by atoms with van der Waals surface area (Å²) in [5, 5.41) is 14.2. The van der Waals surface area contributed by atoms with E-state index in [1.807, 2.05) is 48.9 Å². The first kappa shape index (κ1) is 32.7. The van der Waals surface area contributed by atoms with E-state index in [2.05, 4.69) is 25.3 Å². The van der Waals surface area contributed by atoms with Crippen LogP contribution in [0.4, 0.5) is 32.2 Å². The largest absolute Gasteiger partial charge is 0.497 e. The number of nitrogens with zero attached hydrogens (tertiary/aromatic N) is 5. The van der Waals surface area contributed by atoms with Gasteiger partial charge in [-0.05, 0) is 24.3 Å². The molecule has 3 aromatic heterocycles. The van der Waals surface area contributed by atoms with Gasteiger partial charge in [-0.3, -0.25) is 9.30 Å². The zero-order chi connectivity index (χ0) is 31.8. The maximum absolute atomic E-state index is 10.6. The normalized spacial score (nSPS) is 13.9. The summed E-state index contributed by atoms with van der Waals surface area (Å²) in [5.74, 6) is -2.74. The average molecular weight is 618 g/mol.